The van der Waals surface area contributed by atoms with E-state index in [0.717, 1.165) is 22.0 Å². The van der Waals surface area contributed by atoms with Crippen LogP contribution in [0.2, 0.25) is 0 Å². The lowest BCUT2D eigenvalue weighted by molar-refractivity contribution is -0.140. The van der Waals surface area contributed by atoms with Crippen molar-refractivity contribution in [3.05, 3.63) is 82.1 Å². The van der Waals surface area contributed by atoms with Gasteiger partial charge in [-0.05, 0) is 24.2 Å². The van der Waals surface area contributed by atoms with Gasteiger partial charge in [0, 0.05) is 23.5 Å². The summed E-state index contributed by atoms with van der Waals surface area (Å²) in [5.41, 5.74) is 2.34. The van der Waals surface area contributed by atoms with Crippen molar-refractivity contribution < 1.29 is 9.59 Å². The molecule has 142 valence electrons. The number of likely N-dealkylation sites (N-methyl/N-ethyl adjacent to an activating group) is 1. The first-order valence-corrected chi connectivity index (χ1v) is 9.22. The monoisotopic (exact) mass is 375 g/mol. The van der Waals surface area contributed by atoms with E-state index in [0.29, 0.717) is 6.54 Å². The maximum absolute atomic E-state index is 12.9. The van der Waals surface area contributed by atoms with Gasteiger partial charge >= 0.3 is 0 Å². The van der Waals surface area contributed by atoms with Crippen molar-refractivity contribution in [1.82, 2.24) is 14.8 Å². The van der Waals surface area contributed by atoms with Gasteiger partial charge in [-0.3, -0.25) is 24.2 Å². The minimum atomic E-state index is -0.519. The summed E-state index contributed by atoms with van der Waals surface area (Å²) in [6, 6.07) is 18.1. The van der Waals surface area contributed by atoms with E-state index in [9.17, 15) is 14.4 Å². The molecule has 0 aliphatic carbocycles. The van der Waals surface area contributed by atoms with Gasteiger partial charge in [0.15, 0.2) is 0 Å². The summed E-state index contributed by atoms with van der Waals surface area (Å²) in [5, 5.41) is 0.937. The Kier molecular flexibility index (Phi) is 4.79. The molecule has 3 aromatic rings. The number of nitrogens with zero attached hydrogens (tertiary/aromatic N) is 2. The van der Waals surface area contributed by atoms with E-state index in [-0.39, 0.29) is 30.3 Å². The summed E-state index contributed by atoms with van der Waals surface area (Å²) in [4.78, 5) is 43.3. The Morgan fingerprint density at radius 2 is 1.75 bits per heavy atom. The maximum Gasteiger partial charge on any atom is 0.248 e. The predicted octanol–water partition coefficient (Wildman–Crippen LogP) is 2.29. The van der Waals surface area contributed by atoms with Crippen LogP contribution in [0.5, 0.6) is 0 Å². The molecule has 6 nitrogen and oxygen atoms in total. The third-order valence-electron chi connectivity index (χ3n) is 5.19. The number of para-hydroxylation sites is 1. The first-order chi connectivity index (χ1) is 13.5. The maximum atomic E-state index is 12.9. The molecule has 1 aliphatic heterocycles. The van der Waals surface area contributed by atoms with Crippen molar-refractivity contribution in [3.8, 4) is 0 Å². The van der Waals surface area contributed by atoms with E-state index in [1.807, 2.05) is 66.5 Å². The molecule has 0 saturated carbocycles. The van der Waals surface area contributed by atoms with Crippen LogP contribution in [0, 0.1) is 0 Å². The van der Waals surface area contributed by atoms with Gasteiger partial charge < -0.3 is 4.98 Å². The van der Waals surface area contributed by atoms with E-state index >= 15 is 0 Å². The molecule has 1 aliphatic rings. The molecule has 1 fully saturated rings. The number of fused-ring (bicyclic) bond motifs is 1. The Bertz CT molecular complexity index is 1090. The van der Waals surface area contributed by atoms with Crippen molar-refractivity contribution in [2.75, 3.05) is 7.05 Å². The van der Waals surface area contributed by atoms with E-state index in [1.54, 1.807) is 6.07 Å². The molecule has 2 aromatic carbocycles. The molecule has 0 spiro atoms. The highest BCUT2D eigenvalue weighted by Gasteiger charge is 2.40. The number of hydrogen-bond donors (Lipinski definition) is 1. The third-order valence-corrected chi connectivity index (χ3v) is 5.19. The first kappa shape index (κ1) is 18.1. The van der Waals surface area contributed by atoms with Gasteiger partial charge in [-0.25, -0.2) is 0 Å². The highest BCUT2D eigenvalue weighted by molar-refractivity contribution is 6.05. The van der Waals surface area contributed by atoms with Crippen molar-refractivity contribution in [2.24, 2.45) is 0 Å². The second-order valence-corrected chi connectivity index (χ2v) is 7.14. The number of carbonyl (C=O) groups excluding carboxylic acids is 2. The van der Waals surface area contributed by atoms with Gasteiger partial charge in [-0.2, -0.15) is 0 Å². The van der Waals surface area contributed by atoms with Crippen molar-refractivity contribution in [2.45, 2.75) is 25.6 Å². The van der Waals surface area contributed by atoms with Crippen molar-refractivity contribution in [3.63, 3.8) is 0 Å². The second-order valence-electron chi connectivity index (χ2n) is 7.14. The number of benzene rings is 2. The lowest BCUT2D eigenvalue weighted by atomic mass is 10.1. The summed E-state index contributed by atoms with van der Waals surface area (Å²) in [6.45, 7) is 0.698. The smallest absolute Gasteiger partial charge is 0.248 e. The predicted molar refractivity (Wildman–Crippen MR) is 106 cm³/mol. The summed E-state index contributed by atoms with van der Waals surface area (Å²) in [5.74, 6) is -0.355. The zero-order valence-electron chi connectivity index (χ0n) is 15.6. The molecule has 6 heteroatoms. The fourth-order valence-corrected chi connectivity index (χ4v) is 3.73. The normalized spacial score (nSPS) is 17.1. The van der Waals surface area contributed by atoms with E-state index in [2.05, 4.69) is 4.98 Å². The van der Waals surface area contributed by atoms with Crippen LogP contribution in [0.1, 0.15) is 17.5 Å². The Hall–Kier alpha value is -3.25. The molecule has 28 heavy (non-hydrogen) atoms. The van der Waals surface area contributed by atoms with Gasteiger partial charge in [0.05, 0.1) is 19.0 Å². The molecule has 0 bridgehead atoms. The van der Waals surface area contributed by atoms with Crippen LogP contribution in [0.15, 0.2) is 65.5 Å². The standard InChI is InChI=1S/C22H21N3O3/c1-24(14-16-11-20(26)23-18-10-6-5-9-17(16)18)19-12-21(27)25(22(19)28)13-15-7-3-2-4-8-15/h2-11,19H,12-14H2,1H3,(H,23,26)/t19-/m0/s1. The molecule has 4 rings (SSSR count). The highest BCUT2D eigenvalue weighted by Crippen LogP contribution is 2.23. The zero-order valence-corrected chi connectivity index (χ0v) is 15.6. The van der Waals surface area contributed by atoms with E-state index in [4.69, 9.17) is 0 Å². The number of likely N-dealkylation sites (tertiary alicyclic amines) is 1. The summed E-state index contributed by atoms with van der Waals surface area (Å²) < 4.78 is 0. The fraction of sp³-hybridized carbons (Fsp3) is 0.227. The number of H-pyrrole nitrogens is 1. The largest absolute Gasteiger partial charge is 0.322 e. The molecule has 1 aromatic heterocycles. The van der Waals surface area contributed by atoms with Gasteiger partial charge in [-0.1, -0.05) is 48.5 Å². The molecule has 1 saturated heterocycles. The topological polar surface area (TPSA) is 73.5 Å². The SMILES string of the molecule is CN(Cc1cc(=O)[nH]c2ccccc12)[C@H]1CC(=O)N(Cc2ccccc2)C1=O. The van der Waals surface area contributed by atoms with Crippen LogP contribution in [0.4, 0.5) is 0 Å². The van der Waals surface area contributed by atoms with Crippen LogP contribution < -0.4 is 5.56 Å². The van der Waals surface area contributed by atoms with Crippen LogP contribution >= 0.6 is 0 Å². The number of rotatable bonds is 5. The number of carbonyl (C=O) groups is 2. The first-order valence-electron chi connectivity index (χ1n) is 9.22. The number of pyridine rings is 1. The Morgan fingerprint density at radius 3 is 2.54 bits per heavy atom. The molecule has 2 amide bonds. The molecular weight excluding hydrogens is 354 g/mol. The van der Waals surface area contributed by atoms with Gasteiger partial charge in [0.1, 0.15) is 0 Å². The fourth-order valence-electron chi connectivity index (χ4n) is 3.73. The lowest BCUT2D eigenvalue weighted by Gasteiger charge is -2.23. The van der Waals surface area contributed by atoms with Crippen LogP contribution in [0.3, 0.4) is 0 Å². The number of amides is 2. The third kappa shape index (κ3) is 3.46. The molecular formula is C22H21N3O3. The summed E-state index contributed by atoms with van der Waals surface area (Å²) >= 11 is 0. The molecule has 0 unspecified atom stereocenters. The minimum Gasteiger partial charge on any atom is -0.322 e. The van der Waals surface area contributed by atoms with Crippen LogP contribution in [0.25, 0.3) is 10.9 Å². The van der Waals surface area contributed by atoms with Gasteiger partial charge in [0.25, 0.3) is 0 Å². The average molecular weight is 375 g/mol. The number of aromatic nitrogens is 1. The van der Waals surface area contributed by atoms with Gasteiger partial charge in [0.2, 0.25) is 17.4 Å². The summed E-state index contributed by atoms with van der Waals surface area (Å²) in [6.07, 6.45) is 0.156. The number of aromatic amines is 1. The molecule has 1 N–H and O–H groups in total. The zero-order chi connectivity index (χ0) is 19.7. The molecule has 0 radical (unpaired) electrons. The van der Waals surface area contributed by atoms with Crippen molar-refractivity contribution in [1.29, 1.82) is 0 Å². The van der Waals surface area contributed by atoms with Crippen molar-refractivity contribution >= 4 is 22.7 Å². The molecule has 1 atom stereocenters. The summed E-state index contributed by atoms with van der Waals surface area (Å²) in [7, 11) is 1.82. The van der Waals surface area contributed by atoms with E-state index in [1.165, 1.54) is 4.90 Å². The van der Waals surface area contributed by atoms with E-state index < -0.39 is 6.04 Å². The molecule has 2 heterocycles. The number of imide groups is 1. The van der Waals surface area contributed by atoms with Crippen LogP contribution in [-0.2, 0) is 22.7 Å². The number of hydrogen-bond acceptors (Lipinski definition) is 4. The quantitative estimate of drug-likeness (QED) is 0.695. The number of nitrogens with one attached hydrogen (secondary N) is 1. The van der Waals surface area contributed by atoms with Crippen LogP contribution in [-0.4, -0.2) is 39.7 Å². The minimum absolute atomic E-state index is 0.156. The lowest BCUT2D eigenvalue weighted by Crippen LogP contribution is -2.39. The Balaban J connectivity index is 1.54. The van der Waals surface area contributed by atoms with Gasteiger partial charge in [-0.15, -0.1) is 0 Å². The Morgan fingerprint density at radius 1 is 1.04 bits per heavy atom. The highest BCUT2D eigenvalue weighted by atomic mass is 16.2. The Labute approximate surface area is 162 Å². The second kappa shape index (κ2) is 7.40. The average Bonchev–Trinajstić information content (AvgIpc) is 2.97.